The van der Waals surface area contributed by atoms with Crippen molar-refractivity contribution in [2.45, 2.75) is 32.6 Å². The van der Waals surface area contributed by atoms with E-state index in [9.17, 15) is 4.79 Å². The van der Waals surface area contributed by atoms with Gasteiger partial charge >= 0.3 is 0 Å². The second kappa shape index (κ2) is 9.65. The van der Waals surface area contributed by atoms with Gasteiger partial charge in [-0.2, -0.15) is 5.10 Å². The molecule has 158 valence electrons. The van der Waals surface area contributed by atoms with Gasteiger partial charge in [-0.1, -0.05) is 17.7 Å². The number of benzene rings is 2. The number of nitrogens with zero attached hydrogens (tertiary/aromatic N) is 2. The average Bonchev–Trinajstić information content (AvgIpc) is 3.18. The first-order chi connectivity index (χ1) is 14.0. The zero-order chi connectivity index (χ0) is 20.4. The summed E-state index contributed by atoms with van der Waals surface area (Å²) in [5.41, 5.74) is 5.78. The van der Waals surface area contributed by atoms with Gasteiger partial charge < -0.3 is 23.0 Å². The van der Waals surface area contributed by atoms with Crippen LogP contribution in [0, 0.1) is 13.8 Å². The van der Waals surface area contributed by atoms with E-state index in [1.54, 1.807) is 30.5 Å². The first-order valence-corrected chi connectivity index (χ1v) is 10.3. The highest BCUT2D eigenvalue weighted by Gasteiger charge is 2.27. The van der Waals surface area contributed by atoms with E-state index in [0.29, 0.717) is 10.6 Å². The topological polar surface area (TPSA) is 59.0 Å². The summed E-state index contributed by atoms with van der Waals surface area (Å²) in [6.45, 7) is 6.09. The molecule has 7 heteroatoms. The zero-order valence-corrected chi connectivity index (χ0v) is 18.6. The first kappa shape index (κ1) is 22.3. The molecule has 1 amide bonds. The Hall–Kier alpha value is -2.34. The minimum Gasteiger partial charge on any atom is -1.00 e. The van der Waals surface area contributed by atoms with Crippen LogP contribution in [-0.4, -0.2) is 28.8 Å². The maximum absolute atomic E-state index is 13.1. The molecule has 4 rings (SSSR count). The minimum atomic E-state index is -0.143. The largest absolute Gasteiger partial charge is 1.00 e. The third-order valence-corrected chi connectivity index (χ3v) is 5.87. The number of halogens is 2. The lowest BCUT2D eigenvalue weighted by molar-refractivity contribution is -0.0000136. The third kappa shape index (κ3) is 4.69. The molecular weight excluding hydrogens is 419 g/mol. The summed E-state index contributed by atoms with van der Waals surface area (Å²) >= 11 is 5.96. The molecule has 5 nitrogen and oxygen atoms in total. The standard InChI is InChI=1S/C23H25ClN4O.ClH/c1-15-3-8-20(13-16(15)2)28-22(17-9-11-25-12-10-17)21(14-26-28)23(29)27-19-6-4-18(24)5-7-19;/h3-8,13-14,17,25H,9-12H2,1-2H3,(H,27,29);1H/p-1. The predicted octanol–water partition coefficient (Wildman–Crippen LogP) is 1.87. The van der Waals surface area contributed by atoms with Gasteiger partial charge in [-0.05, 0) is 87.3 Å². The number of hydrogen-bond acceptors (Lipinski definition) is 3. The van der Waals surface area contributed by atoms with Gasteiger partial charge in [0.15, 0.2) is 0 Å². The monoisotopic (exact) mass is 443 g/mol. The van der Waals surface area contributed by atoms with E-state index in [0.717, 1.165) is 43.0 Å². The highest BCUT2D eigenvalue weighted by Crippen LogP contribution is 2.31. The molecule has 2 heterocycles. The number of anilines is 1. The molecule has 1 aromatic heterocycles. The number of carbonyl (C=O) groups excluding carboxylic acids is 1. The maximum Gasteiger partial charge on any atom is 0.259 e. The van der Waals surface area contributed by atoms with Crippen molar-refractivity contribution in [3.05, 3.63) is 76.1 Å². The minimum absolute atomic E-state index is 0. The number of carbonyl (C=O) groups is 1. The van der Waals surface area contributed by atoms with Crippen LogP contribution >= 0.6 is 11.6 Å². The van der Waals surface area contributed by atoms with E-state index in [-0.39, 0.29) is 24.2 Å². The van der Waals surface area contributed by atoms with Crippen LogP contribution in [0.1, 0.15) is 45.9 Å². The van der Waals surface area contributed by atoms with Crippen molar-refractivity contribution in [2.24, 2.45) is 0 Å². The number of nitrogens with one attached hydrogen (secondary N) is 2. The molecule has 0 radical (unpaired) electrons. The Balaban J connectivity index is 0.00000256. The van der Waals surface area contributed by atoms with Crippen LogP contribution in [0.5, 0.6) is 0 Å². The van der Waals surface area contributed by atoms with Crippen LogP contribution in [-0.2, 0) is 0 Å². The molecule has 0 aliphatic carbocycles. The molecule has 0 spiro atoms. The summed E-state index contributed by atoms with van der Waals surface area (Å²) in [5, 5.41) is 11.7. The van der Waals surface area contributed by atoms with Gasteiger partial charge in [0.05, 0.1) is 23.1 Å². The highest BCUT2D eigenvalue weighted by molar-refractivity contribution is 6.30. The molecule has 1 aliphatic heterocycles. The number of piperidine rings is 1. The molecular formula is C23H25Cl2N4O-. The summed E-state index contributed by atoms with van der Waals surface area (Å²) in [7, 11) is 0. The molecule has 1 saturated heterocycles. The van der Waals surface area contributed by atoms with E-state index < -0.39 is 0 Å². The van der Waals surface area contributed by atoms with Gasteiger partial charge in [0.25, 0.3) is 5.91 Å². The van der Waals surface area contributed by atoms with Crippen LogP contribution in [0.25, 0.3) is 5.69 Å². The molecule has 1 fully saturated rings. The fourth-order valence-electron chi connectivity index (χ4n) is 3.82. The van der Waals surface area contributed by atoms with Crippen molar-refractivity contribution < 1.29 is 17.2 Å². The Morgan fingerprint density at radius 2 is 1.80 bits per heavy atom. The van der Waals surface area contributed by atoms with Gasteiger partial charge in [-0.3, -0.25) is 4.79 Å². The lowest BCUT2D eigenvalue weighted by atomic mass is 9.91. The lowest BCUT2D eigenvalue weighted by Gasteiger charge is -2.25. The number of rotatable bonds is 4. The van der Waals surface area contributed by atoms with E-state index in [1.807, 2.05) is 4.68 Å². The predicted molar refractivity (Wildman–Crippen MR) is 117 cm³/mol. The number of hydrogen-bond donors (Lipinski definition) is 2. The van der Waals surface area contributed by atoms with Crippen molar-refractivity contribution in [1.82, 2.24) is 15.1 Å². The van der Waals surface area contributed by atoms with Gasteiger partial charge in [-0.15, -0.1) is 0 Å². The van der Waals surface area contributed by atoms with Crippen LogP contribution in [0.2, 0.25) is 5.02 Å². The fraction of sp³-hybridized carbons (Fsp3) is 0.304. The maximum atomic E-state index is 13.1. The molecule has 3 aromatic rings. The lowest BCUT2D eigenvalue weighted by Crippen LogP contribution is -3.00. The van der Waals surface area contributed by atoms with Gasteiger partial charge in [-0.25, -0.2) is 4.68 Å². The van der Waals surface area contributed by atoms with Crippen molar-refractivity contribution in [3.63, 3.8) is 0 Å². The Kier molecular flexibility index (Phi) is 7.19. The van der Waals surface area contributed by atoms with E-state index in [1.165, 1.54) is 11.1 Å². The highest BCUT2D eigenvalue weighted by atomic mass is 35.5. The summed E-state index contributed by atoms with van der Waals surface area (Å²) < 4.78 is 1.94. The molecule has 0 saturated carbocycles. The number of aryl methyl sites for hydroxylation is 2. The van der Waals surface area contributed by atoms with E-state index >= 15 is 0 Å². The van der Waals surface area contributed by atoms with Gasteiger partial charge in [0.2, 0.25) is 0 Å². The first-order valence-electron chi connectivity index (χ1n) is 9.96. The Morgan fingerprint density at radius 1 is 1.10 bits per heavy atom. The summed E-state index contributed by atoms with van der Waals surface area (Å²) in [6.07, 6.45) is 3.66. The fourth-order valence-corrected chi connectivity index (χ4v) is 3.94. The molecule has 0 atom stereocenters. The van der Waals surface area contributed by atoms with E-state index in [4.69, 9.17) is 11.6 Å². The van der Waals surface area contributed by atoms with Crippen LogP contribution in [0.3, 0.4) is 0 Å². The Bertz CT molecular complexity index is 1020. The summed E-state index contributed by atoms with van der Waals surface area (Å²) in [6, 6.07) is 13.4. The molecule has 2 N–H and O–H groups in total. The average molecular weight is 444 g/mol. The number of aromatic nitrogens is 2. The van der Waals surface area contributed by atoms with Crippen LogP contribution < -0.4 is 23.0 Å². The quantitative estimate of drug-likeness (QED) is 0.646. The van der Waals surface area contributed by atoms with Gasteiger partial charge in [0.1, 0.15) is 0 Å². The van der Waals surface area contributed by atoms with Crippen LogP contribution in [0.4, 0.5) is 5.69 Å². The van der Waals surface area contributed by atoms with Crippen LogP contribution in [0.15, 0.2) is 48.7 Å². The Labute approximate surface area is 188 Å². The molecule has 0 unspecified atom stereocenters. The second-order valence-corrected chi connectivity index (χ2v) is 8.05. The SMILES string of the molecule is Cc1ccc(-n2ncc(C(=O)Nc3ccc(Cl)cc3)c2C2CCNCC2)cc1C.[Cl-]. The smallest absolute Gasteiger partial charge is 0.259 e. The van der Waals surface area contributed by atoms with Gasteiger partial charge in [0, 0.05) is 16.6 Å². The summed E-state index contributed by atoms with van der Waals surface area (Å²) in [5.74, 6) is 0.141. The van der Waals surface area contributed by atoms with Crippen molar-refractivity contribution in [1.29, 1.82) is 0 Å². The van der Waals surface area contributed by atoms with Crippen molar-refractivity contribution in [2.75, 3.05) is 18.4 Å². The zero-order valence-electron chi connectivity index (χ0n) is 17.1. The molecule has 0 bridgehead atoms. The van der Waals surface area contributed by atoms with E-state index in [2.05, 4.69) is 47.8 Å². The van der Waals surface area contributed by atoms with Crippen molar-refractivity contribution in [3.8, 4) is 5.69 Å². The second-order valence-electron chi connectivity index (χ2n) is 7.61. The molecule has 30 heavy (non-hydrogen) atoms. The summed E-state index contributed by atoms with van der Waals surface area (Å²) in [4.78, 5) is 13.1. The Morgan fingerprint density at radius 3 is 2.47 bits per heavy atom. The number of amides is 1. The molecule has 2 aromatic carbocycles. The van der Waals surface area contributed by atoms with Crippen molar-refractivity contribution >= 4 is 23.2 Å². The molecule has 1 aliphatic rings. The normalized spacial score (nSPS) is 14.2. The third-order valence-electron chi connectivity index (χ3n) is 5.61.